The second-order valence-corrected chi connectivity index (χ2v) is 9.72. The maximum atomic E-state index is 12.3. The molecule has 0 aliphatic rings. The standard InChI is InChI=1S/C17H21N5O4S2/c1-22-16-6-4-3-5-15(16)20-17(22)18-11-12-19-28(25,26)14-9-7-13(8-10-14)21-27(2,23)24/h3-10,19,21H,11-12H2,1-2H3,(H,18,20). The Bertz CT molecular complexity index is 1190. The van der Waals surface area contributed by atoms with Gasteiger partial charge in [-0.1, -0.05) is 12.1 Å². The van der Waals surface area contributed by atoms with Crippen LogP contribution in [0.5, 0.6) is 0 Å². The SMILES string of the molecule is Cn1c(NCCNS(=O)(=O)c2ccc(NS(C)(=O)=O)cc2)nc2ccccc21. The van der Waals surface area contributed by atoms with Crippen LogP contribution < -0.4 is 14.8 Å². The third-order valence-corrected chi connectivity index (χ3v) is 6.04. The molecule has 0 radical (unpaired) electrons. The van der Waals surface area contributed by atoms with Crippen LogP contribution in [0.15, 0.2) is 53.4 Å². The number of para-hydroxylation sites is 2. The third kappa shape index (κ3) is 4.80. The summed E-state index contributed by atoms with van der Waals surface area (Å²) in [6, 6.07) is 13.2. The lowest BCUT2D eigenvalue weighted by Crippen LogP contribution is -2.29. The van der Waals surface area contributed by atoms with Crippen molar-refractivity contribution >= 4 is 42.7 Å². The van der Waals surface area contributed by atoms with Gasteiger partial charge in [0.25, 0.3) is 0 Å². The molecule has 0 bridgehead atoms. The van der Waals surface area contributed by atoms with Gasteiger partial charge >= 0.3 is 0 Å². The molecule has 3 N–H and O–H groups in total. The van der Waals surface area contributed by atoms with E-state index < -0.39 is 20.0 Å². The van der Waals surface area contributed by atoms with Gasteiger partial charge in [-0.3, -0.25) is 4.72 Å². The summed E-state index contributed by atoms with van der Waals surface area (Å²) in [5, 5.41) is 3.11. The number of fused-ring (bicyclic) bond motifs is 1. The molecule has 0 saturated carbocycles. The van der Waals surface area contributed by atoms with Crippen LogP contribution in [-0.2, 0) is 27.1 Å². The van der Waals surface area contributed by atoms with Gasteiger partial charge in [-0.05, 0) is 36.4 Å². The zero-order chi connectivity index (χ0) is 20.4. The monoisotopic (exact) mass is 423 g/mol. The molecule has 9 nitrogen and oxygen atoms in total. The van der Waals surface area contributed by atoms with E-state index in [-0.39, 0.29) is 11.4 Å². The first kappa shape index (κ1) is 20.1. The van der Waals surface area contributed by atoms with Gasteiger partial charge in [-0.15, -0.1) is 0 Å². The van der Waals surface area contributed by atoms with Gasteiger partial charge in [-0.25, -0.2) is 26.5 Å². The molecule has 0 aliphatic heterocycles. The lowest BCUT2D eigenvalue weighted by molar-refractivity contribution is 0.582. The number of hydrogen-bond acceptors (Lipinski definition) is 6. The zero-order valence-corrected chi connectivity index (χ0v) is 17.0. The van der Waals surface area contributed by atoms with E-state index >= 15 is 0 Å². The largest absolute Gasteiger partial charge is 0.354 e. The Kier molecular flexibility index (Phi) is 5.59. The Labute approximate surface area is 163 Å². The minimum atomic E-state index is -3.70. The average molecular weight is 424 g/mol. The van der Waals surface area contributed by atoms with Crippen molar-refractivity contribution in [2.75, 3.05) is 29.4 Å². The summed E-state index contributed by atoms with van der Waals surface area (Å²) in [4.78, 5) is 4.51. The highest BCUT2D eigenvalue weighted by molar-refractivity contribution is 7.92. The molecule has 11 heteroatoms. The fraction of sp³-hybridized carbons (Fsp3) is 0.235. The molecular formula is C17H21N5O4S2. The summed E-state index contributed by atoms with van der Waals surface area (Å²) in [6.45, 7) is 0.513. The number of nitrogens with one attached hydrogen (secondary N) is 3. The highest BCUT2D eigenvalue weighted by atomic mass is 32.2. The van der Waals surface area contributed by atoms with Gasteiger partial charge in [0.1, 0.15) is 0 Å². The molecule has 150 valence electrons. The second-order valence-electron chi connectivity index (χ2n) is 6.21. The number of hydrogen-bond donors (Lipinski definition) is 3. The normalized spacial score (nSPS) is 12.2. The molecule has 2 aromatic carbocycles. The number of nitrogens with zero attached hydrogens (tertiary/aromatic N) is 2. The third-order valence-electron chi connectivity index (χ3n) is 3.96. The summed E-state index contributed by atoms with van der Waals surface area (Å²) in [7, 11) is -5.24. The van der Waals surface area contributed by atoms with Crippen LogP contribution in [0.25, 0.3) is 11.0 Å². The molecule has 0 unspecified atom stereocenters. The van der Waals surface area contributed by atoms with Crippen molar-refractivity contribution in [1.82, 2.24) is 14.3 Å². The number of sulfonamides is 2. The Morgan fingerprint density at radius 3 is 2.29 bits per heavy atom. The summed E-state index contributed by atoms with van der Waals surface area (Å²) in [6.07, 6.45) is 1.02. The molecule has 0 saturated heterocycles. The summed E-state index contributed by atoms with van der Waals surface area (Å²) < 4.78 is 53.8. The number of aromatic nitrogens is 2. The molecule has 3 rings (SSSR count). The number of aryl methyl sites for hydroxylation is 1. The predicted octanol–water partition coefficient (Wildman–Crippen LogP) is 1.34. The topological polar surface area (TPSA) is 122 Å². The van der Waals surface area contributed by atoms with Gasteiger partial charge in [0.05, 0.1) is 22.2 Å². The summed E-state index contributed by atoms with van der Waals surface area (Å²) in [5.41, 5.74) is 2.13. The van der Waals surface area contributed by atoms with Crippen molar-refractivity contribution in [3.05, 3.63) is 48.5 Å². The number of imidazole rings is 1. The molecule has 1 heterocycles. The highest BCUT2D eigenvalue weighted by Gasteiger charge is 2.14. The van der Waals surface area contributed by atoms with Gasteiger partial charge in [-0.2, -0.15) is 0 Å². The van der Waals surface area contributed by atoms with E-state index in [0.29, 0.717) is 18.2 Å². The van der Waals surface area contributed by atoms with E-state index in [1.807, 2.05) is 35.9 Å². The van der Waals surface area contributed by atoms with Gasteiger partial charge in [0.15, 0.2) is 0 Å². The quantitative estimate of drug-likeness (QED) is 0.470. The second kappa shape index (κ2) is 7.78. The molecule has 1 aromatic heterocycles. The van der Waals surface area contributed by atoms with E-state index in [0.717, 1.165) is 17.3 Å². The summed E-state index contributed by atoms with van der Waals surface area (Å²) >= 11 is 0. The lowest BCUT2D eigenvalue weighted by Gasteiger charge is -2.09. The summed E-state index contributed by atoms with van der Waals surface area (Å²) in [5.74, 6) is 0.650. The van der Waals surface area contributed by atoms with E-state index in [1.165, 1.54) is 24.3 Å². The number of benzene rings is 2. The van der Waals surface area contributed by atoms with Crippen LogP contribution in [0.1, 0.15) is 0 Å². The van der Waals surface area contributed by atoms with Crippen LogP contribution in [0, 0.1) is 0 Å². The lowest BCUT2D eigenvalue weighted by atomic mass is 10.3. The van der Waals surface area contributed by atoms with Crippen molar-refractivity contribution in [2.24, 2.45) is 7.05 Å². The smallest absolute Gasteiger partial charge is 0.240 e. The first-order valence-corrected chi connectivity index (χ1v) is 11.8. The van der Waals surface area contributed by atoms with Crippen LogP contribution in [0.3, 0.4) is 0 Å². The van der Waals surface area contributed by atoms with Crippen molar-refractivity contribution in [2.45, 2.75) is 4.90 Å². The fourth-order valence-corrected chi connectivity index (χ4v) is 4.26. The van der Waals surface area contributed by atoms with Crippen molar-refractivity contribution in [3.8, 4) is 0 Å². The maximum absolute atomic E-state index is 12.3. The van der Waals surface area contributed by atoms with Crippen molar-refractivity contribution in [1.29, 1.82) is 0 Å². The van der Waals surface area contributed by atoms with E-state index in [4.69, 9.17) is 0 Å². The molecular weight excluding hydrogens is 402 g/mol. The molecule has 0 atom stereocenters. The van der Waals surface area contributed by atoms with Crippen molar-refractivity contribution in [3.63, 3.8) is 0 Å². The van der Waals surface area contributed by atoms with Crippen LogP contribution in [0.4, 0.5) is 11.6 Å². The van der Waals surface area contributed by atoms with Crippen LogP contribution >= 0.6 is 0 Å². The van der Waals surface area contributed by atoms with Gasteiger partial charge in [0, 0.05) is 25.8 Å². The van der Waals surface area contributed by atoms with Crippen LogP contribution in [0.2, 0.25) is 0 Å². The Morgan fingerprint density at radius 1 is 0.964 bits per heavy atom. The molecule has 3 aromatic rings. The highest BCUT2D eigenvalue weighted by Crippen LogP contribution is 2.17. The predicted molar refractivity (Wildman–Crippen MR) is 109 cm³/mol. The maximum Gasteiger partial charge on any atom is 0.240 e. The molecule has 0 spiro atoms. The van der Waals surface area contributed by atoms with Gasteiger partial charge in [0.2, 0.25) is 26.0 Å². The van der Waals surface area contributed by atoms with Crippen LogP contribution in [-0.4, -0.2) is 45.7 Å². The van der Waals surface area contributed by atoms with Gasteiger partial charge < -0.3 is 9.88 Å². The fourth-order valence-electron chi connectivity index (χ4n) is 2.66. The Balaban J connectivity index is 1.58. The first-order valence-electron chi connectivity index (χ1n) is 8.38. The minimum absolute atomic E-state index is 0.0503. The minimum Gasteiger partial charge on any atom is -0.354 e. The molecule has 0 fully saturated rings. The molecule has 28 heavy (non-hydrogen) atoms. The first-order chi connectivity index (χ1) is 13.2. The zero-order valence-electron chi connectivity index (χ0n) is 15.4. The number of anilines is 2. The average Bonchev–Trinajstić information content (AvgIpc) is 2.94. The van der Waals surface area contributed by atoms with E-state index in [1.54, 1.807) is 0 Å². The number of rotatable bonds is 8. The van der Waals surface area contributed by atoms with Crippen molar-refractivity contribution < 1.29 is 16.8 Å². The van der Waals surface area contributed by atoms with E-state index in [2.05, 4.69) is 19.7 Å². The Hall–Kier alpha value is -2.63. The Morgan fingerprint density at radius 2 is 1.64 bits per heavy atom. The molecule has 0 amide bonds. The van der Waals surface area contributed by atoms with E-state index in [9.17, 15) is 16.8 Å². The molecule has 0 aliphatic carbocycles.